The highest BCUT2D eigenvalue weighted by molar-refractivity contribution is 6.23. The van der Waals surface area contributed by atoms with Crippen LogP contribution in [0.15, 0.2) is 24.3 Å². The second-order valence-electron chi connectivity index (χ2n) is 3.10. The Bertz CT molecular complexity index is 332. The number of ether oxygens (including phenoxy) is 1. The van der Waals surface area contributed by atoms with Crippen molar-refractivity contribution >= 4 is 23.4 Å². The molecule has 0 bridgehead atoms. The maximum atomic E-state index is 11.1. The van der Waals surface area contributed by atoms with Gasteiger partial charge in [0.25, 0.3) is 0 Å². The number of hydrogen-bond donors (Lipinski definition) is 2. The van der Waals surface area contributed by atoms with Crippen molar-refractivity contribution < 1.29 is 9.53 Å². The van der Waals surface area contributed by atoms with Crippen molar-refractivity contribution in [2.24, 2.45) is 0 Å². The molecule has 0 saturated carbocycles. The molecule has 0 aliphatic heterocycles. The zero-order chi connectivity index (χ0) is 11.1. The van der Waals surface area contributed by atoms with E-state index in [0.29, 0.717) is 19.4 Å². The molecular formula is C11H17ClN2O2. The molecule has 4 nitrogen and oxygen atoms in total. The van der Waals surface area contributed by atoms with Gasteiger partial charge in [0.15, 0.2) is 0 Å². The molecule has 0 radical (unpaired) electrons. The van der Waals surface area contributed by atoms with Gasteiger partial charge >= 0.3 is 5.97 Å². The summed E-state index contributed by atoms with van der Waals surface area (Å²) >= 11 is 5.47. The largest absolute Gasteiger partial charge is 0.466 e. The quantitative estimate of drug-likeness (QED) is 0.617. The van der Waals surface area contributed by atoms with Crippen molar-refractivity contribution in [2.45, 2.75) is 19.8 Å². The van der Waals surface area contributed by atoms with E-state index in [1.165, 1.54) is 0 Å². The first kappa shape index (κ1) is 14.7. The minimum atomic E-state index is -0.165. The molecule has 1 rings (SSSR count). The lowest BCUT2D eigenvalue weighted by Gasteiger charge is -2.03. The van der Waals surface area contributed by atoms with Crippen LogP contribution >= 0.6 is 11.8 Å². The predicted molar refractivity (Wildman–Crippen MR) is 65.9 cm³/mol. The maximum absolute atomic E-state index is 11.1. The SMILES string of the molecule is CCOC(=O)CCc1cccc(NCl)c1.N. The van der Waals surface area contributed by atoms with E-state index in [0.717, 1.165) is 11.3 Å². The number of carbonyl (C=O) groups is 1. The van der Waals surface area contributed by atoms with Crippen LogP contribution in [-0.2, 0) is 16.0 Å². The van der Waals surface area contributed by atoms with Crippen LogP contribution in [0.25, 0.3) is 0 Å². The van der Waals surface area contributed by atoms with Crippen molar-refractivity contribution in [3.63, 3.8) is 0 Å². The number of benzene rings is 1. The van der Waals surface area contributed by atoms with Crippen LogP contribution in [-0.4, -0.2) is 12.6 Å². The van der Waals surface area contributed by atoms with Gasteiger partial charge in [-0.2, -0.15) is 0 Å². The summed E-state index contributed by atoms with van der Waals surface area (Å²) in [5.41, 5.74) is 1.90. The van der Waals surface area contributed by atoms with Crippen LogP contribution in [0.4, 0.5) is 5.69 Å². The molecule has 0 heterocycles. The maximum Gasteiger partial charge on any atom is 0.306 e. The normalized spacial score (nSPS) is 9.12. The zero-order valence-corrected chi connectivity index (χ0v) is 10.1. The summed E-state index contributed by atoms with van der Waals surface area (Å²) in [6.45, 7) is 2.23. The van der Waals surface area contributed by atoms with Gasteiger partial charge in [0, 0.05) is 23.9 Å². The Morgan fingerprint density at radius 3 is 2.88 bits per heavy atom. The molecule has 16 heavy (non-hydrogen) atoms. The third-order valence-electron chi connectivity index (χ3n) is 1.96. The lowest BCUT2D eigenvalue weighted by molar-refractivity contribution is -0.143. The van der Waals surface area contributed by atoms with E-state index in [9.17, 15) is 4.79 Å². The number of nitrogens with one attached hydrogen (secondary N) is 1. The van der Waals surface area contributed by atoms with Crippen LogP contribution in [0.5, 0.6) is 0 Å². The molecule has 0 aliphatic rings. The molecule has 0 amide bonds. The summed E-state index contributed by atoms with van der Waals surface area (Å²) in [6.07, 6.45) is 1.07. The Hall–Kier alpha value is -1.26. The summed E-state index contributed by atoms with van der Waals surface area (Å²) in [7, 11) is 0. The number of esters is 1. The Kier molecular flexibility index (Phi) is 7.33. The first-order valence-corrected chi connectivity index (χ1v) is 5.25. The molecule has 0 saturated heterocycles. The van der Waals surface area contributed by atoms with Gasteiger partial charge in [-0.05, 0) is 31.0 Å². The highest BCUT2D eigenvalue weighted by atomic mass is 35.5. The average molecular weight is 245 g/mol. The van der Waals surface area contributed by atoms with Crippen molar-refractivity contribution in [1.29, 1.82) is 0 Å². The Morgan fingerprint density at radius 1 is 1.50 bits per heavy atom. The average Bonchev–Trinajstić information content (AvgIpc) is 2.27. The molecule has 5 heteroatoms. The van der Waals surface area contributed by atoms with Gasteiger partial charge in [0.1, 0.15) is 0 Å². The van der Waals surface area contributed by atoms with Gasteiger partial charge in [0.05, 0.1) is 6.61 Å². The first-order chi connectivity index (χ1) is 7.26. The van der Waals surface area contributed by atoms with Gasteiger partial charge in [0.2, 0.25) is 0 Å². The molecule has 4 N–H and O–H groups in total. The van der Waals surface area contributed by atoms with Crippen molar-refractivity contribution in [1.82, 2.24) is 6.15 Å². The van der Waals surface area contributed by atoms with Crippen molar-refractivity contribution in [3.8, 4) is 0 Å². The topological polar surface area (TPSA) is 73.3 Å². The first-order valence-electron chi connectivity index (χ1n) is 4.87. The Labute approximate surface area is 101 Å². The van der Waals surface area contributed by atoms with E-state index in [1.54, 1.807) is 6.92 Å². The van der Waals surface area contributed by atoms with Crippen LogP contribution in [0.1, 0.15) is 18.9 Å². The molecule has 0 aliphatic carbocycles. The monoisotopic (exact) mass is 244 g/mol. The highest BCUT2D eigenvalue weighted by Crippen LogP contribution is 2.13. The van der Waals surface area contributed by atoms with Crippen LogP contribution in [0, 0.1) is 0 Å². The second-order valence-corrected chi connectivity index (χ2v) is 3.29. The van der Waals surface area contributed by atoms with E-state index in [-0.39, 0.29) is 12.1 Å². The number of anilines is 1. The minimum Gasteiger partial charge on any atom is -0.466 e. The molecule has 0 aromatic heterocycles. The summed E-state index contributed by atoms with van der Waals surface area (Å²) in [4.78, 5) is 13.6. The van der Waals surface area contributed by atoms with E-state index in [4.69, 9.17) is 16.5 Å². The standard InChI is InChI=1S/C11H14ClNO2.H3N/c1-2-15-11(14)7-6-9-4-3-5-10(8-9)13-12;/h3-5,8,13H,2,6-7H2,1H3;1H3. The molecular weight excluding hydrogens is 228 g/mol. The summed E-state index contributed by atoms with van der Waals surface area (Å²) in [5, 5.41) is 0. The molecule has 0 fully saturated rings. The highest BCUT2D eigenvalue weighted by Gasteiger charge is 2.02. The summed E-state index contributed by atoms with van der Waals surface area (Å²) in [5.74, 6) is -0.165. The fraction of sp³-hybridized carbons (Fsp3) is 0.364. The molecule has 0 atom stereocenters. The molecule has 1 aromatic carbocycles. The summed E-state index contributed by atoms with van der Waals surface area (Å²) in [6, 6.07) is 7.62. The van der Waals surface area contributed by atoms with Crippen LogP contribution in [0.2, 0.25) is 0 Å². The van der Waals surface area contributed by atoms with Crippen molar-refractivity contribution in [2.75, 3.05) is 11.4 Å². The smallest absolute Gasteiger partial charge is 0.306 e. The third-order valence-corrected chi connectivity index (χ3v) is 2.18. The zero-order valence-electron chi connectivity index (χ0n) is 9.33. The fourth-order valence-electron chi connectivity index (χ4n) is 1.27. The van der Waals surface area contributed by atoms with Gasteiger partial charge in [-0.3, -0.25) is 9.63 Å². The van der Waals surface area contributed by atoms with Gasteiger partial charge in [-0.15, -0.1) is 0 Å². The minimum absolute atomic E-state index is 0. The lowest BCUT2D eigenvalue weighted by Crippen LogP contribution is -2.05. The second kappa shape index (κ2) is 7.96. The number of aryl methyl sites for hydroxylation is 1. The number of rotatable bonds is 5. The molecule has 0 spiro atoms. The Balaban J connectivity index is 0.00000225. The van der Waals surface area contributed by atoms with Crippen molar-refractivity contribution in [3.05, 3.63) is 29.8 Å². The van der Waals surface area contributed by atoms with Gasteiger partial charge < -0.3 is 10.9 Å². The summed E-state index contributed by atoms with van der Waals surface area (Å²) < 4.78 is 4.84. The molecule has 1 aromatic rings. The van der Waals surface area contributed by atoms with E-state index in [1.807, 2.05) is 24.3 Å². The third kappa shape index (κ3) is 5.00. The number of hydrogen-bond acceptors (Lipinski definition) is 4. The Morgan fingerprint density at radius 2 is 2.25 bits per heavy atom. The van der Waals surface area contributed by atoms with E-state index >= 15 is 0 Å². The van der Waals surface area contributed by atoms with Crippen LogP contribution < -0.4 is 11.0 Å². The predicted octanol–water partition coefficient (Wildman–Crippen LogP) is 2.91. The molecule has 90 valence electrons. The van der Waals surface area contributed by atoms with Gasteiger partial charge in [-0.25, -0.2) is 0 Å². The van der Waals surface area contributed by atoms with E-state index in [2.05, 4.69) is 4.84 Å². The number of carbonyl (C=O) groups excluding carboxylic acids is 1. The van der Waals surface area contributed by atoms with Gasteiger partial charge in [-0.1, -0.05) is 12.1 Å². The fourth-order valence-corrected chi connectivity index (χ4v) is 1.38. The number of halogens is 1. The van der Waals surface area contributed by atoms with Crippen LogP contribution in [0.3, 0.4) is 0 Å². The molecule has 0 unspecified atom stereocenters. The van der Waals surface area contributed by atoms with E-state index < -0.39 is 0 Å². The lowest BCUT2D eigenvalue weighted by atomic mass is 10.1.